The van der Waals surface area contributed by atoms with E-state index < -0.39 is 6.04 Å². The van der Waals surface area contributed by atoms with Gasteiger partial charge in [0.2, 0.25) is 11.9 Å². The zero-order chi connectivity index (χ0) is 19.2. The van der Waals surface area contributed by atoms with Crippen molar-refractivity contribution in [3.8, 4) is 0 Å². The third kappa shape index (κ3) is 2.75. The van der Waals surface area contributed by atoms with Gasteiger partial charge in [0, 0.05) is 13.6 Å². The minimum atomic E-state index is -0.626. The van der Waals surface area contributed by atoms with Crippen molar-refractivity contribution in [2.45, 2.75) is 33.7 Å². The maximum absolute atomic E-state index is 13.1. The summed E-state index contributed by atoms with van der Waals surface area (Å²) in [5.74, 6) is 1.06. The standard InChI is InChI=1S/C18H25N6O2/c1-7-8-22-16(25)14-15(21(6)18(22)26)19-17(23(14)10-11(2)3)24-13(5)9-12(4)20-24/h7,9,11,14H,1,8,10H2,2-6H3/q+1. The summed E-state index contributed by atoms with van der Waals surface area (Å²) in [4.78, 5) is 33.0. The number of amides is 3. The summed E-state index contributed by atoms with van der Waals surface area (Å²) in [6.07, 6.45) is 1.55. The predicted octanol–water partition coefficient (Wildman–Crippen LogP) is 1.23. The van der Waals surface area contributed by atoms with Crippen molar-refractivity contribution in [3.63, 3.8) is 0 Å². The summed E-state index contributed by atoms with van der Waals surface area (Å²) in [5, 5.41) is 4.52. The molecule has 3 rings (SSSR count). The van der Waals surface area contributed by atoms with Gasteiger partial charge in [-0.05, 0) is 25.8 Å². The zero-order valence-electron chi connectivity index (χ0n) is 15.9. The van der Waals surface area contributed by atoms with Crippen molar-refractivity contribution in [3.05, 3.63) is 30.1 Å². The first kappa shape index (κ1) is 18.0. The van der Waals surface area contributed by atoms with Crippen LogP contribution < -0.4 is 0 Å². The highest BCUT2D eigenvalue weighted by atomic mass is 16.2. The molecule has 0 N–H and O–H groups in total. The average Bonchev–Trinajstić information content (AvgIpc) is 3.09. The van der Waals surface area contributed by atoms with E-state index in [-0.39, 0.29) is 18.5 Å². The van der Waals surface area contributed by atoms with Gasteiger partial charge in [-0.1, -0.05) is 24.9 Å². The molecule has 3 heterocycles. The molecule has 0 radical (unpaired) electrons. The van der Waals surface area contributed by atoms with E-state index in [9.17, 15) is 9.59 Å². The average molecular weight is 357 g/mol. The van der Waals surface area contributed by atoms with Crippen LogP contribution >= 0.6 is 0 Å². The maximum Gasteiger partial charge on any atom is 0.421 e. The molecule has 1 saturated heterocycles. The molecule has 1 aromatic heterocycles. The highest BCUT2D eigenvalue weighted by molar-refractivity contribution is 6.23. The fourth-order valence-electron chi connectivity index (χ4n) is 3.38. The molecule has 0 aliphatic carbocycles. The first-order valence-corrected chi connectivity index (χ1v) is 8.72. The van der Waals surface area contributed by atoms with E-state index in [1.54, 1.807) is 17.8 Å². The lowest BCUT2D eigenvalue weighted by Crippen LogP contribution is -2.63. The van der Waals surface area contributed by atoms with Crippen molar-refractivity contribution in [1.82, 2.24) is 19.6 Å². The molecule has 0 saturated carbocycles. The van der Waals surface area contributed by atoms with Crippen molar-refractivity contribution >= 4 is 23.7 Å². The summed E-state index contributed by atoms with van der Waals surface area (Å²) < 4.78 is 3.69. The Morgan fingerprint density at radius 2 is 2.04 bits per heavy atom. The van der Waals surface area contributed by atoms with Crippen LogP contribution in [0.15, 0.2) is 23.7 Å². The minimum Gasteiger partial charge on any atom is -0.270 e. The topological polar surface area (TPSA) is 73.8 Å². The zero-order valence-corrected chi connectivity index (χ0v) is 15.9. The van der Waals surface area contributed by atoms with Gasteiger partial charge in [0.05, 0.1) is 12.2 Å². The number of fused-ring (bicyclic) bond motifs is 1. The molecule has 138 valence electrons. The Bertz CT molecular complexity index is 848. The number of urea groups is 1. The Labute approximate surface area is 153 Å². The van der Waals surface area contributed by atoms with Crippen molar-refractivity contribution < 1.29 is 14.2 Å². The highest BCUT2D eigenvalue weighted by Gasteiger charge is 2.52. The first-order chi connectivity index (χ1) is 12.3. The number of hydrogen-bond donors (Lipinski definition) is 0. The number of aliphatic imine (C=N–C) groups is 1. The molecule has 8 heteroatoms. The van der Waals surface area contributed by atoms with Crippen LogP contribution in [-0.2, 0) is 4.79 Å². The number of aryl methyl sites for hydroxylation is 2. The molecule has 0 aromatic carbocycles. The van der Waals surface area contributed by atoms with Gasteiger partial charge in [0.1, 0.15) is 5.69 Å². The van der Waals surface area contributed by atoms with Crippen LogP contribution in [0, 0.1) is 19.8 Å². The monoisotopic (exact) mass is 357 g/mol. The van der Waals surface area contributed by atoms with E-state index in [0.717, 1.165) is 11.4 Å². The van der Waals surface area contributed by atoms with Gasteiger partial charge in [-0.15, -0.1) is 16.4 Å². The second-order valence-electron chi connectivity index (χ2n) is 7.14. The molecule has 8 nitrogen and oxygen atoms in total. The van der Waals surface area contributed by atoms with E-state index in [1.165, 1.54) is 9.80 Å². The van der Waals surface area contributed by atoms with E-state index in [1.807, 2.05) is 24.5 Å². The minimum absolute atomic E-state index is 0.177. The second-order valence-corrected chi connectivity index (χ2v) is 7.14. The smallest absolute Gasteiger partial charge is 0.270 e. The van der Waals surface area contributed by atoms with Crippen LogP contribution in [0.2, 0.25) is 0 Å². The van der Waals surface area contributed by atoms with Crippen LogP contribution in [0.1, 0.15) is 25.2 Å². The summed E-state index contributed by atoms with van der Waals surface area (Å²) >= 11 is 0. The Morgan fingerprint density at radius 3 is 2.58 bits per heavy atom. The largest absolute Gasteiger partial charge is 0.421 e. The number of nitrogens with zero attached hydrogens (tertiary/aromatic N) is 6. The first-order valence-electron chi connectivity index (χ1n) is 8.72. The van der Waals surface area contributed by atoms with Gasteiger partial charge in [0.25, 0.3) is 5.91 Å². The number of likely N-dealkylation sites (N-methyl/N-ethyl adjacent to an activating group) is 1. The molecule has 2 aliphatic heterocycles. The lowest BCUT2D eigenvalue weighted by atomic mass is 10.1. The summed E-state index contributed by atoms with van der Waals surface area (Å²) in [5.41, 5.74) is 1.80. The highest BCUT2D eigenvalue weighted by Crippen LogP contribution is 2.22. The number of hydrogen-bond acceptors (Lipinski definition) is 4. The Morgan fingerprint density at radius 1 is 1.35 bits per heavy atom. The fraction of sp³-hybridized carbons (Fsp3) is 0.500. The van der Waals surface area contributed by atoms with Crippen molar-refractivity contribution in [1.29, 1.82) is 0 Å². The van der Waals surface area contributed by atoms with E-state index in [2.05, 4.69) is 30.5 Å². The molecule has 2 aliphatic rings. The Kier molecular flexibility index (Phi) is 4.52. The molecule has 1 unspecified atom stereocenters. The predicted molar refractivity (Wildman–Crippen MR) is 98.4 cm³/mol. The number of carbonyl (C=O) groups is 2. The molecular weight excluding hydrogens is 332 g/mol. The van der Waals surface area contributed by atoms with E-state index in [4.69, 9.17) is 0 Å². The second kappa shape index (κ2) is 6.51. The van der Waals surface area contributed by atoms with Gasteiger partial charge in [-0.25, -0.2) is 9.37 Å². The number of rotatable bonds is 4. The third-order valence-corrected chi connectivity index (χ3v) is 4.46. The van der Waals surface area contributed by atoms with Crippen LogP contribution in [0.4, 0.5) is 4.79 Å². The molecule has 1 atom stereocenters. The molecular formula is C18H25N6O2+. The molecule has 0 spiro atoms. The van der Waals surface area contributed by atoms with Gasteiger partial charge in [0.15, 0.2) is 0 Å². The normalized spacial score (nSPS) is 20.2. The molecule has 1 aromatic rings. The van der Waals surface area contributed by atoms with Gasteiger partial charge < -0.3 is 0 Å². The van der Waals surface area contributed by atoms with Gasteiger partial charge in [-0.3, -0.25) is 14.6 Å². The summed E-state index contributed by atoms with van der Waals surface area (Å²) in [6.45, 7) is 12.5. The molecule has 1 fully saturated rings. The quantitative estimate of drug-likeness (QED) is 0.601. The van der Waals surface area contributed by atoms with Crippen LogP contribution in [0.5, 0.6) is 0 Å². The molecule has 26 heavy (non-hydrogen) atoms. The lowest BCUT2D eigenvalue weighted by Gasteiger charge is -2.33. The van der Waals surface area contributed by atoms with Crippen LogP contribution in [0.3, 0.4) is 0 Å². The lowest BCUT2D eigenvalue weighted by molar-refractivity contribution is -0.543. The summed E-state index contributed by atoms with van der Waals surface area (Å²) in [6, 6.07) is 0.951. The SMILES string of the molecule is C=CCN1C(=O)C2C(=NC(n3nc(C)cc3C)=[N+]2CC(C)C)N(C)C1=O. The van der Waals surface area contributed by atoms with Gasteiger partial charge in [-0.2, -0.15) is 0 Å². The number of aromatic nitrogens is 2. The van der Waals surface area contributed by atoms with Gasteiger partial charge >= 0.3 is 12.0 Å². The fourth-order valence-corrected chi connectivity index (χ4v) is 3.38. The molecule has 0 bridgehead atoms. The number of amidine groups is 1. The summed E-state index contributed by atoms with van der Waals surface area (Å²) in [7, 11) is 1.65. The van der Waals surface area contributed by atoms with E-state index >= 15 is 0 Å². The molecule has 3 amide bonds. The number of imide groups is 1. The maximum atomic E-state index is 13.1. The van der Waals surface area contributed by atoms with Crippen molar-refractivity contribution in [2.75, 3.05) is 20.1 Å². The van der Waals surface area contributed by atoms with Crippen LogP contribution in [0.25, 0.3) is 0 Å². The Balaban J connectivity index is 2.16. The van der Waals surface area contributed by atoms with Crippen LogP contribution in [-0.4, -0.2) is 74.1 Å². The number of carbonyl (C=O) groups excluding carboxylic acids is 2. The Hall–Kier alpha value is -2.77. The third-order valence-electron chi connectivity index (χ3n) is 4.46. The van der Waals surface area contributed by atoms with Crippen molar-refractivity contribution in [2.24, 2.45) is 10.9 Å². The van der Waals surface area contributed by atoms with E-state index in [0.29, 0.717) is 24.3 Å².